The summed E-state index contributed by atoms with van der Waals surface area (Å²) in [5.41, 5.74) is 0. The lowest BCUT2D eigenvalue weighted by molar-refractivity contribution is -0.128. The highest BCUT2D eigenvalue weighted by Gasteiger charge is 2.19. The van der Waals surface area contributed by atoms with Crippen molar-refractivity contribution in [1.29, 1.82) is 0 Å². The molecular weight excluding hydrogens is 317 g/mol. The van der Waals surface area contributed by atoms with Gasteiger partial charge in [0.05, 0.1) is 12.0 Å². The van der Waals surface area contributed by atoms with E-state index in [0.29, 0.717) is 13.0 Å². The number of furan rings is 1. The normalized spacial score (nSPS) is 11.9. The molecule has 23 heavy (non-hydrogen) atoms. The Kier molecular flexibility index (Phi) is 7.00. The Morgan fingerprint density at radius 3 is 2.87 bits per heavy atom. The van der Waals surface area contributed by atoms with E-state index in [1.807, 2.05) is 19.1 Å². The minimum absolute atomic E-state index is 0.0988. The fraction of sp³-hybridized carbons (Fsp3) is 0.353. The highest BCUT2D eigenvalue weighted by Crippen LogP contribution is 2.18. The Morgan fingerprint density at radius 2 is 2.17 bits per heavy atom. The molecule has 0 aliphatic rings. The molecule has 1 amide bonds. The number of carbonyl (C=O) groups is 1. The van der Waals surface area contributed by atoms with Gasteiger partial charge in [-0.1, -0.05) is 19.1 Å². The first kappa shape index (κ1) is 17.4. The standard InChI is InChI=1S/C17H20FNO3S/c1-2-15(22-16-8-4-3-7-14(16)18)17(20)19-9-11-23-12-13-6-5-10-21-13/h3-8,10,15H,2,9,11-12H2,1H3,(H,19,20)/t15-/m0/s1. The number of benzene rings is 1. The molecule has 1 atom stereocenters. The van der Waals surface area contributed by atoms with Crippen molar-refractivity contribution in [2.75, 3.05) is 12.3 Å². The zero-order chi connectivity index (χ0) is 16.5. The summed E-state index contributed by atoms with van der Waals surface area (Å²) in [4.78, 5) is 12.1. The molecule has 0 saturated carbocycles. The third kappa shape index (κ3) is 5.63. The molecule has 2 rings (SSSR count). The van der Waals surface area contributed by atoms with Crippen LogP contribution in [0.1, 0.15) is 19.1 Å². The van der Waals surface area contributed by atoms with Gasteiger partial charge in [0, 0.05) is 12.3 Å². The molecule has 0 radical (unpaired) electrons. The van der Waals surface area contributed by atoms with Gasteiger partial charge in [-0.05, 0) is 30.7 Å². The van der Waals surface area contributed by atoms with Gasteiger partial charge in [-0.3, -0.25) is 4.79 Å². The number of hydrogen-bond donors (Lipinski definition) is 1. The molecule has 2 aromatic rings. The predicted octanol–water partition coefficient (Wildman–Crippen LogP) is 3.63. The summed E-state index contributed by atoms with van der Waals surface area (Å²) in [6.07, 6.45) is 1.42. The third-order valence-electron chi connectivity index (χ3n) is 3.14. The Morgan fingerprint density at radius 1 is 1.35 bits per heavy atom. The van der Waals surface area contributed by atoms with Gasteiger partial charge < -0.3 is 14.5 Å². The van der Waals surface area contributed by atoms with Crippen LogP contribution in [0.3, 0.4) is 0 Å². The molecule has 0 spiro atoms. The number of halogens is 1. The van der Waals surface area contributed by atoms with E-state index in [2.05, 4.69) is 5.32 Å². The van der Waals surface area contributed by atoms with Crippen molar-refractivity contribution >= 4 is 17.7 Å². The molecule has 124 valence electrons. The lowest BCUT2D eigenvalue weighted by Crippen LogP contribution is -2.39. The van der Waals surface area contributed by atoms with E-state index in [1.54, 1.807) is 30.2 Å². The Labute approximate surface area is 139 Å². The molecule has 0 saturated heterocycles. The summed E-state index contributed by atoms with van der Waals surface area (Å²) in [5, 5.41) is 2.82. The van der Waals surface area contributed by atoms with Gasteiger partial charge in [0.2, 0.25) is 0 Å². The Bertz CT molecular complexity index is 604. The van der Waals surface area contributed by atoms with Gasteiger partial charge in [-0.15, -0.1) is 0 Å². The van der Waals surface area contributed by atoms with Crippen LogP contribution in [-0.2, 0) is 10.5 Å². The van der Waals surface area contributed by atoms with Crippen molar-refractivity contribution in [2.24, 2.45) is 0 Å². The number of thioether (sulfide) groups is 1. The maximum absolute atomic E-state index is 13.6. The maximum Gasteiger partial charge on any atom is 0.261 e. The van der Waals surface area contributed by atoms with Gasteiger partial charge in [0.15, 0.2) is 17.7 Å². The van der Waals surface area contributed by atoms with Crippen LogP contribution < -0.4 is 10.1 Å². The van der Waals surface area contributed by atoms with Crippen LogP contribution in [0.15, 0.2) is 47.1 Å². The quantitative estimate of drug-likeness (QED) is 0.710. The van der Waals surface area contributed by atoms with Crippen molar-refractivity contribution in [2.45, 2.75) is 25.2 Å². The molecular formula is C17H20FNO3S. The van der Waals surface area contributed by atoms with Crippen LogP contribution >= 0.6 is 11.8 Å². The highest BCUT2D eigenvalue weighted by atomic mass is 32.2. The molecule has 0 aliphatic carbocycles. The van der Waals surface area contributed by atoms with Crippen LogP contribution in [0.4, 0.5) is 4.39 Å². The largest absolute Gasteiger partial charge is 0.478 e. The average molecular weight is 337 g/mol. The summed E-state index contributed by atoms with van der Waals surface area (Å²) in [6, 6.07) is 9.86. The monoisotopic (exact) mass is 337 g/mol. The summed E-state index contributed by atoms with van der Waals surface area (Å²) >= 11 is 1.67. The topological polar surface area (TPSA) is 51.5 Å². The minimum atomic E-state index is -0.693. The van der Waals surface area contributed by atoms with Crippen LogP contribution in [0, 0.1) is 5.82 Å². The molecule has 1 heterocycles. The first-order valence-corrected chi connectivity index (χ1v) is 8.65. The fourth-order valence-electron chi connectivity index (χ4n) is 1.94. The van der Waals surface area contributed by atoms with E-state index in [0.717, 1.165) is 17.3 Å². The van der Waals surface area contributed by atoms with Crippen molar-refractivity contribution in [1.82, 2.24) is 5.32 Å². The number of hydrogen-bond acceptors (Lipinski definition) is 4. The van der Waals surface area contributed by atoms with E-state index in [-0.39, 0.29) is 11.7 Å². The van der Waals surface area contributed by atoms with Crippen molar-refractivity contribution in [3.8, 4) is 5.75 Å². The van der Waals surface area contributed by atoms with Gasteiger partial charge in [-0.2, -0.15) is 11.8 Å². The number of amides is 1. The molecule has 0 bridgehead atoms. The summed E-state index contributed by atoms with van der Waals surface area (Å²) in [7, 11) is 0. The van der Waals surface area contributed by atoms with Crippen molar-refractivity contribution < 1.29 is 18.3 Å². The Balaban J connectivity index is 1.71. The third-order valence-corrected chi connectivity index (χ3v) is 4.12. The fourth-order valence-corrected chi connectivity index (χ4v) is 2.70. The first-order chi connectivity index (χ1) is 11.2. The molecule has 0 fully saturated rings. The molecule has 1 N–H and O–H groups in total. The second kappa shape index (κ2) is 9.25. The van der Waals surface area contributed by atoms with Crippen LogP contribution in [0.2, 0.25) is 0 Å². The molecule has 0 unspecified atom stereocenters. The summed E-state index contributed by atoms with van der Waals surface area (Å²) in [6.45, 7) is 2.36. The average Bonchev–Trinajstić information content (AvgIpc) is 3.07. The molecule has 1 aromatic heterocycles. The number of para-hydroxylation sites is 1. The number of carbonyl (C=O) groups excluding carboxylic acids is 1. The van der Waals surface area contributed by atoms with Gasteiger partial charge in [0.1, 0.15) is 5.76 Å². The molecule has 6 heteroatoms. The lowest BCUT2D eigenvalue weighted by atomic mass is 10.2. The van der Waals surface area contributed by atoms with Crippen molar-refractivity contribution in [3.05, 3.63) is 54.2 Å². The van der Waals surface area contributed by atoms with Gasteiger partial charge >= 0.3 is 0 Å². The highest BCUT2D eigenvalue weighted by molar-refractivity contribution is 7.98. The Hall–Kier alpha value is -1.95. The van der Waals surface area contributed by atoms with E-state index in [1.165, 1.54) is 12.1 Å². The van der Waals surface area contributed by atoms with Crippen LogP contribution in [0.5, 0.6) is 5.75 Å². The zero-order valence-corrected chi connectivity index (χ0v) is 13.8. The van der Waals surface area contributed by atoms with Crippen molar-refractivity contribution in [3.63, 3.8) is 0 Å². The molecule has 0 aliphatic heterocycles. The van der Waals surface area contributed by atoms with E-state index in [9.17, 15) is 9.18 Å². The van der Waals surface area contributed by atoms with Gasteiger partial charge in [-0.25, -0.2) is 4.39 Å². The zero-order valence-electron chi connectivity index (χ0n) is 13.0. The summed E-state index contributed by atoms with van der Waals surface area (Å²) in [5.74, 6) is 1.86. The first-order valence-electron chi connectivity index (χ1n) is 7.49. The summed E-state index contributed by atoms with van der Waals surface area (Å²) < 4.78 is 24.3. The van der Waals surface area contributed by atoms with E-state index < -0.39 is 11.9 Å². The van der Waals surface area contributed by atoms with Gasteiger partial charge in [0.25, 0.3) is 5.91 Å². The number of ether oxygens (including phenoxy) is 1. The smallest absolute Gasteiger partial charge is 0.261 e. The number of rotatable bonds is 9. The minimum Gasteiger partial charge on any atom is -0.478 e. The van der Waals surface area contributed by atoms with Crippen LogP contribution in [0.25, 0.3) is 0 Å². The number of nitrogens with one attached hydrogen (secondary N) is 1. The predicted molar refractivity (Wildman–Crippen MR) is 89.0 cm³/mol. The van der Waals surface area contributed by atoms with Crippen LogP contribution in [-0.4, -0.2) is 24.3 Å². The second-order valence-electron chi connectivity index (χ2n) is 4.87. The SMILES string of the molecule is CC[C@H](Oc1ccccc1F)C(=O)NCCSCc1ccco1. The van der Waals surface area contributed by atoms with E-state index >= 15 is 0 Å². The lowest BCUT2D eigenvalue weighted by Gasteiger charge is -2.17. The second-order valence-corrected chi connectivity index (χ2v) is 5.97. The maximum atomic E-state index is 13.6. The van der Waals surface area contributed by atoms with E-state index in [4.69, 9.17) is 9.15 Å². The molecule has 1 aromatic carbocycles. The molecule has 4 nitrogen and oxygen atoms in total.